The van der Waals surface area contributed by atoms with Crippen LogP contribution in [0.1, 0.15) is 5.56 Å². The van der Waals surface area contributed by atoms with Gasteiger partial charge in [0.2, 0.25) is 0 Å². The highest BCUT2D eigenvalue weighted by atomic mass is 19.4. The number of alkyl halides is 3. The van der Waals surface area contributed by atoms with E-state index in [0.29, 0.717) is 5.52 Å². The second-order valence-corrected chi connectivity index (χ2v) is 4.36. The van der Waals surface area contributed by atoms with Crippen molar-refractivity contribution in [1.29, 1.82) is 0 Å². The number of nitrogens with two attached hydrogens (primary N) is 1. The van der Waals surface area contributed by atoms with Crippen molar-refractivity contribution >= 4 is 16.7 Å². The lowest BCUT2D eigenvalue weighted by Crippen LogP contribution is -2.14. The van der Waals surface area contributed by atoms with E-state index < -0.39 is 11.7 Å². The van der Waals surface area contributed by atoms with E-state index >= 15 is 0 Å². The van der Waals surface area contributed by atoms with Crippen LogP contribution >= 0.6 is 0 Å². The van der Waals surface area contributed by atoms with Crippen LogP contribution in [0.2, 0.25) is 0 Å². The highest BCUT2D eigenvalue weighted by Gasteiger charge is 2.32. The average molecular weight is 293 g/mol. The second kappa shape index (κ2) is 4.74. The van der Waals surface area contributed by atoms with Crippen molar-refractivity contribution in [3.63, 3.8) is 0 Å². The van der Waals surface area contributed by atoms with Crippen molar-refractivity contribution in [1.82, 2.24) is 14.8 Å². The summed E-state index contributed by atoms with van der Waals surface area (Å²) >= 11 is 0. The maximum absolute atomic E-state index is 12.9. The van der Waals surface area contributed by atoms with Crippen LogP contribution in [0.25, 0.3) is 16.7 Å². The number of aromatic nitrogens is 3. The second-order valence-electron chi connectivity index (χ2n) is 4.36. The van der Waals surface area contributed by atoms with Crippen LogP contribution in [0.3, 0.4) is 0 Å². The molecule has 3 aromatic rings. The fourth-order valence-electron chi connectivity index (χ4n) is 2.02. The third-order valence-corrected chi connectivity index (χ3v) is 2.98. The first-order chi connectivity index (χ1) is 9.99. The predicted molar refractivity (Wildman–Crippen MR) is 71.7 cm³/mol. The van der Waals surface area contributed by atoms with E-state index in [1.807, 2.05) is 12.1 Å². The molecule has 0 aliphatic carbocycles. The van der Waals surface area contributed by atoms with Gasteiger partial charge in [-0.05, 0) is 18.2 Å². The molecule has 0 radical (unpaired) electrons. The maximum Gasteiger partial charge on any atom is 0.416 e. The summed E-state index contributed by atoms with van der Waals surface area (Å²) < 4.78 is 40.1. The van der Waals surface area contributed by atoms with Gasteiger partial charge in [0.15, 0.2) is 5.82 Å². The fourth-order valence-corrected chi connectivity index (χ4v) is 2.02. The van der Waals surface area contributed by atoms with Crippen LogP contribution in [0, 0.1) is 0 Å². The van der Waals surface area contributed by atoms with Gasteiger partial charge in [-0.1, -0.05) is 18.2 Å². The Hall–Kier alpha value is -2.61. The molecule has 3 rings (SSSR count). The Morgan fingerprint density at radius 1 is 1.14 bits per heavy atom. The van der Waals surface area contributed by atoms with Crippen molar-refractivity contribution in [3.05, 3.63) is 48.2 Å². The molecule has 0 amide bonds. The summed E-state index contributed by atoms with van der Waals surface area (Å²) in [4.78, 5) is 4.02. The molecule has 0 aliphatic rings. The van der Waals surface area contributed by atoms with Crippen LogP contribution in [-0.4, -0.2) is 14.8 Å². The number of nitrogens with zero attached hydrogens (tertiary/aromatic N) is 3. The molecule has 2 heterocycles. The molecule has 2 aromatic heterocycles. The highest BCUT2D eigenvalue weighted by Crippen LogP contribution is 2.32. The Bertz CT molecular complexity index is 794. The molecule has 0 saturated carbocycles. The zero-order chi connectivity index (χ0) is 15.0. The summed E-state index contributed by atoms with van der Waals surface area (Å²) in [6, 6.07) is 8.93. The largest absolute Gasteiger partial charge is 0.416 e. The molecule has 0 spiro atoms. The molecule has 0 saturated heterocycles. The third kappa shape index (κ3) is 2.40. The Balaban J connectivity index is 2.22. The Morgan fingerprint density at radius 2 is 1.90 bits per heavy atom. The molecule has 5 nitrogen and oxygen atoms in total. The first kappa shape index (κ1) is 13.4. The number of hydrogen-bond donors (Lipinski definition) is 2. The number of hydrogen-bond acceptors (Lipinski definition) is 4. The van der Waals surface area contributed by atoms with Gasteiger partial charge in [-0.15, -0.1) is 0 Å². The van der Waals surface area contributed by atoms with Crippen molar-refractivity contribution in [2.45, 2.75) is 6.18 Å². The number of para-hydroxylation sites is 1. The minimum Gasteiger partial charge on any atom is -0.308 e. The minimum absolute atomic E-state index is 0.0407. The molecule has 108 valence electrons. The van der Waals surface area contributed by atoms with Crippen LogP contribution in [0.5, 0.6) is 0 Å². The standard InChI is InChI=1S/C13H10F3N5/c14-13(15,16)9-5-11(20-17)19-12(6-9)21-10-4-2-1-3-8(10)7-18-21/h1-7H,17H2,(H,19,20). The first-order valence-corrected chi connectivity index (χ1v) is 5.98. The maximum atomic E-state index is 12.9. The number of halogens is 3. The van der Waals surface area contributed by atoms with Crippen LogP contribution in [0.15, 0.2) is 42.6 Å². The molecule has 0 aliphatic heterocycles. The molecule has 8 heteroatoms. The Morgan fingerprint density at radius 3 is 2.62 bits per heavy atom. The molecular weight excluding hydrogens is 283 g/mol. The number of hydrazine groups is 1. The molecule has 3 N–H and O–H groups in total. The van der Waals surface area contributed by atoms with Gasteiger partial charge in [-0.2, -0.15) is 18.3 Å². The van der Waals surface area contributed by atoms with Crippen molar-refractivity contribution in [2.24, 2.45) is 5.84 Å². The molecule has 0 atom stereocenters. The van der Waals surface area contributed by atoms with Gasteiger partial charge in [0, 0.05) is 5.39 Å². The Labute approximate surface area is 117 Å². The van der Waals surface area contributed by atoms with Gasteiger partial charge >= 0.3 is 6.18 Å². The summed E-state index contributed by atoms with van der Waals surface area (Å²) in [6.07, 6.45) is -2.93. The topological polar surface area (TPSA) is 68.8 Å². The van der Waals surface area contributed by atoms with Crippen molar-refractivity contribution in [2.75, 3.05) is 5.43 Å². The van der Waals surface area contributed by atoms with E-state index in [4.69, 9.17) is 5.84 Å². The normalized spacial score (nSPS) is 11.8. The van der Waals surface area contributed by atoms with Crippen LogP contribution in [-0.2, 0) is 6.18 Å². The molecule has 0 fully saturated rings. The average Bonchev–Trinajstić information content (AvgIpc) is 2.89. The predicted octanol–water partition coefficient (Wildman–Crippen LogP) is 2.72. The lowest BCUT2D eigenvalue weighted by molar-refractivity contribution is -0.137. The molecular formula is C13H10F3N5. The summed E-state index contributed by atoms with van der Waals surface area (Å²) in [5.41, 5.74) is 1.95. The smallest absolute Gasteiger partial charge is 0.308 e. The number of anilines is 1. The van der Waals surface area contributed by atoms with E-state index in [9.17, 15) is 13.2 Å². The molecule has 21 heavy (non-hydrogen) atoms. The molecule has 1 aromatic carbocycles. The van der Waals surface area contributed by atoms with Gasteiger partial charge in [-0.25, -0.2) is 15.5 Å². The number of nitrogen functional groups attached to an aromatic ring is 1. The van der Waals surface area contributed by atoms with E-state index in [2.05, 4.69) is 15.5 Å². The minimum atomic E-state index is -4.49. The number of benzene rings is 1. The zero-order valence-corrected chi connectivity index (χ0v) is 10.6. The van der Waals surface area contributed by atoms with Gasteiger partial charge in [0.1, 0.15) is 5.82 Å². The molecule has 0 unspecified atom stereocenters. The van der Waals surface area contributed by atoms with Gasteiger partial charge in [0.25, 0.3) is 0 Å². The number of rotatable bonds is 2. The van der Waals surface area contributed by atoms with E-state index in [1.165, 1.54) is 4.68 Å². The van der Waals surface area contributed by atoms with E-state index in [-0.39, 0.29) is 11.6 Å². The summed E-state index contributed by atoms with van der Waals surface area (Å²) in [5, 5.41) is 4.89. The molecule has 0 bridgehead atoms. The van der Waals surface area contributed by atoms with E-state index in [0.717, 1.165) is 17.5 Å². The number of pyridine rings is 1. The zero-order valence-electron chi connectivity index (χ0n) is 10.6. The summed E-state index contributed by atoms with van der Waals surface area (Å²) in [6.45, 7) is 0. The lowest BCUT2D eigenvalue weighted by Gasteiger charge is -2.11. The number of fused-ring (bicyclic) bond motifs is 1. The summed E-state index contributed by atoms with van der Waals surface area (Å²) in [7, 11) is 0. The highest BCUT2D eigenvalue weighted by molar-refractivity contribution is 5.79. The van der Waals surface area contributed by atoms with Gasteiger partial charge in [-0.3, -0.25) is 0 Å². The SMILES string of the molecule is NNc1cc(C(F)(F)F)cc(-n2ncc3ccccc32)n1. The van der Waals surface area contributed by atoms with E-state index in [1.54, 1.807) is 18.3 Å². The third-order valence-electron chi connectivity index (χ3n) is 2.98. The monoisotopic (exact) mass is 293 g/mol. The quantitative estimate of drug-likeness (QED) is 0.563. The number of nitrogens with one attached hydrogen (secondary N) is 1. The van der Waals surface area contributed by atoms with Crippen LogP contribution < -0.4 is 11.3 Å². The van der Waals surface area contributed by atoms with Crippen molar-refractivity contribution in [3.8, 4) is 5.82 Å². The summed E-state index contributed by atoms with van der Waals surface area (Å²) in [5.74, 6) is 5.14. The van der Waals surface area contributed by atoms with Gasteiger partial charge < -0.3 is 5.43 Å². The van der Waals surface area contributed by atoms with Gasteiger partial charge in [0.05, 0.1) is 17.3 Å². The fraction of sp³-hybridized carbons (Fsp3) is 0.0769. The van der Waals surface area contributed by atoms with Crippen LogP contribution in [0.4, 0.5) is 19.0 Å². The van der Waals surface area contributed by atoms with Crippen molar-refractivity contribution < 1.29 is 13.2 Å². The Kier molecular flexibility index (Phi) is 3.02. The first-order valence-electron chi connectivity index (χ1n) is 5.98. The lowest BCUT2D eigenvalue weighted by atomic mass is 10.2.